The van der Waals surface area contributed by atoms with Gasteiger partial charge in [-0.25, -0.2) is 8.78 Å². The van der Waals surface area contributed by atoms with Crippen LogP contribution in [0.4, 0.5) is 17.6 Å². The summed E-state index contributed by atoms with van der Waals surface area (Å²) < 4.78 is 58.9. The molecule has 0 bridgehead atoms. The van der Waals surface area contributed by atoms with Crippen LogP contribution in [0.25, 0.3) is 0 Å². The van der Waals surface area contributed by atoms with E-state index in [4.69, 9.17) is 5.11 Å². The van der Waals surface area contributed by atoms with Crippen molar-refractivity contribution < 1.29 is 51.4 Å². The van der Waals surface area contributed by atoms with E-state index >= 15 is 0 Å². The molecule has 40 heavy (non-hydrogen) atoms. The van der Waals surface area contributed by atoms with Gasteiger partial charge in [-0.2, -0.15) is 8.78 Å². The van der Waals surface area contributed by atoms with E-state index in [9.17, 15) is 41.5 Å². The number of halogens is 4. The van der Waals surface area contributed by atoms with Gasteiger partial charge >= 0.3 is 17.8 Å². The second kappa shape index (κ2) is 14.6. The van der Waals surface area contributed by atoms with Crippen molar-refractivity contribution in [2.45, 2.75) is 38.8 Å². The summed E-state index contributed by atoms with van der Waals surface area (Å²) in [6, 6.07) is 5.79. The van der Waals surface area contributed by atoms with Crippen molar-refractivity contribution in [3.63, 3.8) is 0 Å². The molecule has 0 fully saturated rings. The Labute approximate surface area is 226 Å². The van der Waals surface area contributed by atoms with Crippen molar-refractivity contribution in [1.29, 1.82) is 0 Å². The van der Waals surface area contributed by atoms with Crippen LogP contribution in [0, 0.1) is 29.2 Å². The standard InChI is InChI=1S/C26H27F4N3O7/c1-13(2)22(33-26(39)25(38)31-9-8-14-6-4-3-5-7-14)24(37)32-17(11-19(35)36)18(34)12-40-23-20(29)15(27)10-16(28)21(23)30/h3-7,10,13,17,22H,8-9,11-12H2,1-2H3,(H,31,38)(H,32,37)(H,33,39)(H,35,36)/t17-,22-/m0/s1. The summed E-state index contributed by atoms with van der Waals surface area (Å²) in [5.41, 5.74) is 0.911. The molecule has 2 aromatic carbocycles. The number of nitrogens with one attached hydrogen (secondary N) is 3. The van der Waals surface area contributed by atoms with Crippen LogP contribution in [0.1, 0.15) is 25.8 Å². The molecule has 0 saturated carbocycles. The lowest BCUT2D eigenvalue weighted by molar-refractivity contribution is -0.142. The summed E-state index contributed by atoms with van der Waals surface area (Å²) in [6.07, 6.45) is -0.569. The largest absolute Gasteiger partial charge is 0.481 e. The number of amides is 3. The summed E-state index contributed by atoms with van der Waals surface area (Å²) in [7, 11) is 0. The Morgan fingerprint density at radius 2 is 1.50 bits per heavy atom. The average Bonchev–Trinajstić information content (AvgIpc) is 2.89. The highest BCUT2D eigenvalue weighted by molar-refractivity contribution is 6.35. The first-order chi connectivity index (χ1) is 18.8. The molecule has 0 unspecified atom stereocenters. The first-order valence-electron chi connectivity index (χ1n) is 11.9. The number of ketones is 1. The van der Waals surface area contributed by atoms with Crippen LogP contribution < -0.4 is 20.7 Å². The number of carboxylic acids is 1. The lowest BCUT2D eigenvalue weighted by Gasteiger charge is -2.24. The molecule has 0 aliphatic heterocycles. The second-order valence-electron chi connectivity index (χ2n) is 8.90. The third kappa shape index (κ3) is 9.06. The highest BCUT2D eigenvalue weighted by Gasteiger charge is 2.32. The fraction of sp³-hybridized carbons (Fsp3) is 0.346. The smallest absolute Gasteiger partial charge is 0.309 e. The van der Waals surface area contributed by atoms with Gasteiger partial charge in [-0.1, -0.05) is 44.2 Å². The van der Waals surface area contributed by atoms with Crippen LogP contribution in [0.2, 0.25) is 0 Å². The van der Waals surface area contributed by atoms with Gasteiger partial charge in [0, 0.05) is 12.6 Å². The molecule has 2 atom stereocenters. The Morgan fingerprint density at radius 3 is 2.05 bits per heavy atom. The van der Waals surface area contributed by atoms with Gasteiger partial charge in [0.05, 0.1) is 6.42 Å². The fourth-order valence-corrected chi connectivity index (χ4v) is 3.39. The summed E-state index contributed by atoms with van der Waals surface area (Å²) in [4.78, 5) is 61.2. The number of carboxylic acid groups (broad SMARTS) is 1. The third-order valence-corrected chi connectivity index (χ3v) is 5.50. The maximum absolute atomic E-state index is 13.8. The molecule has 2 aromatic rings. The minimum Gasteiger partial charge on any atom is -0.481 e. The predicted molar refractivity (Wildman–Crippen MR) is 131 cm³/mol. The maximum Gasteiger partial charge on any atom is 0.309 e. The van der Waals surface area contributed by atoms with E-state index in [0.717, 1.165) is 5.56 Å². The average molecular weight is 570 g/mol. The number of rotatable bonds is 13. The Kier molecular flexibility index (Phi) is 11.6. The number of hydrogen-bond donors (Lipinski definition) is 4. The van der Waals surface area contributed by atoms with Crippen LogP contribution >= 0.6 is 0 Å². The highest BCUT2D eigenvalue weighted by atomic mass is 19.2. The minimum atomic E-state index is -1.92. The van der Waals surface area contributed by atoms with E-state index in [1.807, 2.05) is 30.3 Å². The predicted octanol–water partition coefficient (Wildman–Crippen LogP) is 1.65. The van der Waals surface area contributed by atoms with Gasteiger partial charge in [0.25, 0.3) is 0 Å². The van der Waals surface area contributed by atoms with E-state index in [1.54, 1.807) is 0 Å². The van der Waals surface area contributed by atoms with Crippen molar-refractivity contribution in [1.82, 2.24) is 16.0 Å². The second-order valence-corrected chi connectivity index (χ2v) is 8.90. The van der Waals surface area contributed by atoms with E-state index in [0.29, 0.717) is 6.42 Å². The lowest BCUT2D eigenvalue weighted by atomic mass is 10.0. The molecule has 0 aliphatic rings. The molecule has 0 spiro atoms. The van der Waals surface area contributed by atoms with Crippen molar-refractivity contribution in [3.05, 3.63) is 65.2 Å². The first kappa shape index (κ1) is 31.7. The zero-order valence-electron chi connectivity index (χ0n) is 21.4. The summed E-state index contributed by atoms with van der Waals surface area (Å²) in [5, 5.41) is 15.8. The summed E-state index contributed by atoms with van der Waals surface area (Å²) in [5.74, 6) is -15.6. The zero-order valence-corrected chi connectivity index (χ0v) is 21.4. The number of Topliss-reactive ketones (excluding diaryl/α,β-unsaturated/α-hetero) is 1. The van der Waals surface area contributed by atoms with Crippen LogP contribution in [0.3, 0.4) is 0 Å². The number of aliphatic carboxylic acids is 1. The van der Waals surface area contributed by atoms with Crippen molar-refractivity contribution in [2.75, 3.05) is 13.2 Å². The first-order valence-corrected chi connectivity index (χ1v) is 11.9. The van der Waals surface area contributed by atoms with Crippen LogP contribution in [0.15, 0.2) is 36.4 Å². The minimum absolute atomic E-state index is 0.0727. The van der Waals surface area contributed by atoms with Crippen LogP contribution in [0.5, 0.6) is 5.75 Å². The van der Waals surface area contributed by atoms with Gasteiger partial charge in [-0.05, 0) is 17.9 Å². The molecule has 2 rings (SSSR count). The van der Waals surface area contributed by atoms with Gasteiger partial charge in [-0.15, -0.1) is 0 Å². The summed E-state index contributed by atoms with van der Waals surface area (Å²) in [6.45, 7) is 1.86. The molecule has 10 nitrogen and oxygen atoms in total. The molecule has 0 radical (unpaired) electrons. The third-order valence-electron chi connectivity index (χ3n) is 5.50. The van der Waals surface area contributed by atoms with E-state index in [-0.39, 0.29) is 12.6 Å². The molecule has 3 amide bonds. The molecular formula is C26H27F4N3O7. The van der Waals surface area contributed by atoms with E-state index in [1.165, 1.54) is 13.8 Å². The van der Waals surface area contributed by atoms with Crippen molar-refractivity contribution >= 4 is 29.5 Å². The van der Waals surface area contributed by atoms with Crippen molar-refractivity contribution in [3.8, 4) is 5.75 Å². The van der Waals surface area contributed by atoms with Crippen molar-refractivity contribution in [2.24, 2.45) is 5.92 Å². The Morgan fingerprint density at radius 1 is 0.900 bits per heavy atom. The lowest BCUT2D eigenvalue weighted by Crippen LogP contribution is -2.56. The molecule has 216 valence electrons. The number of hydrogen-bond acceptors (Lipinski definition) is 6. The molecule has 0 aromatic heterocycles. The Balaban J connectivity index is 2.04. The number of benzene rings is 2. The van der Waals surface area contributed by atoms with Gasteiger partial charge in [0.1, 0.15) is 18.7 Å². The number of carbonyl (C=O) groups excluding carboxylic acids is 4. The normalized spacial score (nSPS) is 12.3. The Hall–Kier alpha value is -4.49. The summed E-state index contributed by atoms with van der Waals surface area (Å²) >= 11 is 0. The molecule has 4 N–H and O–H groups in total. The topological polar surface area (TPSA) is 151 Å². The molecule has 14 heteroatoms. The van der Waals surface area contributed by atoms with Gasteiger partial charge in [-0.3, -0.25) is 24.0 Å². The SMILES string of the molecule is CC(C)[C@H](NC(=O)C(=O)NCCc1ccccc1)C(=O)N[C@@H](CC(=O)O)C(=O)COc1c(F)c(F)cc(F)c1F. The quantitative estimate of drug-likeness (QED) is 0.163. The van der Waals surface area contributed by atoms with Gasteiger partial charge in [0.15, 0.2) is 23.2 Å². The van der Waals surface area contributed by atoms with Crippen LogP contribution in [-0.2, 0) is 30.4 Å². The number of carbonyl (C=O) groups is 5. The van der Waals surface area contributed by atoms with Crippen LogP contribution in [-0.4, -0.2) is 59.8 Å². The molecule has 0 saturated heterocycles. The maximum atomic E-state index is 13.8. The monoisotopic (exact) mass is 569 g/mol. The molecule has 0 aliphatic carbocycles. The fourth-order valence-electron chi connectivity index (χ4n) is 3.39. The Bertz CT molecular complexity index is 1230. The molecule has 0 heterocycles. The number of ether oxygens (including phenoxy) is 1. The highest BCUT2D eigenvalue weighted by Crippen LogP contribution is 2.26. The zero-order chi connectivity index (χ0) is 30.0. The van der Waals surface area contributed by atoms with E-state index < -0.39 is 89.5 Å². The van der Waals surface area contributed by atoms with E-state index in [2.05, 4.69) is 20.7 Å². The molecular weight excluding hydrogens is 542 g/mol. The van der Waals surface area contributed by atoms with Gasteiger partial charge in [0.2, 0.25) is 17.5 Å². The van der Waals surface area contributed by atoms with Gasteiger partial charge < -0.3 is 25.8 Å².